The van der Waals surface area contributed by atoms with E-state index in [1.165, 1.54) is 0 Å². The van der Waals surface area contributed by atoms with Crippen LogP contribution < -0.4 is 0 Å². The molecule has 0 saturated heterocycles. The number of fused-ring (bicyclic) bond motifs is 1. The summed E-state index contributed by atoms with van der Waals surface area (Å²) in [5.74, 6) is 0.189. The molecular formula is C17H24O3SSi. The van der Waals surface area contributed by atoms with Gasteiger partial charge in [-0.3, -0.25) is 0 Å². The summed E-state index contributed by atoms with van der Waals surface area (Å²) in [6, 6.07) is 14.0. The highest BCUT2D eigenvalue weighted by Crippen LogP contribution is 2.22. The second-order valence-corrected chi connectivity index (χ2v) is 12.5. The quantitative estimate of drug-likeness (QED) is 0.710. The average Bonchev–Trinajstić information content (AvgIpc) is 2.46. The molecule has 0 amide bonds. The van der Waals surface area contributed by atoms with Crippen LogP contribution >= 0.6 is 0 Å². The van der Waals surface area contributed by atoms with Gasteiger partial charge in [-0.05, 0) is 55.4 Å². The van der Waals surface area contributed by atoms with E-state index >= 15 is 0 Å². The van der Waals surface area contributed by atoms with Crippen LogP contribution in [0.25, 0.3) is 10.8 Å². The highest BCUT2D eigenvalue weighted by molar-refractivity contribution is 7.91. The van der Waals surface area contributed by atoms with Gasteiger partial charge in [-0.1, -0.05) is 30.3 Å². The molecule has 120 valence electrons. The first kappa shape index (κ1) is 17.2. The zero-order valence-corrected chi connectivity index (χ0v) is 15.3. The van der Waals surface area contributed by atoms with Crippen molar-refractivity contribution in [1.82, 2.24) is 0 Å². The monoisotopic (exact) mass is 336 g/mol. The van der Waals surface area contributed by atoms with Crippen LogP contribution in [0.4, 0.5) is 0 Å². The van der Waals surface area contributed by atoms with E-state index in [1.54, 1.807) is 12.1 Å². The first-order valence-corrected chi connectivity index (χ1v) is 12.5. The van der Waals surface area contributed by atoms with Crippen molar-refractivity contribution < 1.29 is 12.8 Å². The van der Waals surface area contributed by atoms with Crippen LogP contribution in [0.1, 0.15) is 13.3 Å². The van der Waals surface area contributed by atoms with Gasteiger partial charge in [0.05, 0.1) is 10.6 Å². The summed E-state index contributed by atoms with van der Waals surface area (Å²) in [4.78, 5) is 0.419. The topological polar surface area (TPSA) is 43.4 Å². The summed E-state index contributed by atoms with van der Waals surface area (Å²) in [5.41, 5.74) is 0. The van der Waals surface area contributed by atoms with Crippen molar-refractivity contribution in [2.24, 2.45) is 0 Å². The molecule has 5 heteroatoms. The molecule has 22 heavy (non-hydrogen) atoms. The fraction of sp³-hybridized carbons (Fsp3) is 0.412. The maximum Gasteiger partial charge on any atom is 0.186 e. The van der Waals surface area contributed by atoms with Gasteiger partial charge in [-0.2, -0.15) is 0 Å². The van der Waals surface area contributed by atoms with E-state index in [0.717, 1.165) is 16.8 Å². The van der Waals surface area contributed by atoms with Crippen molar-refractivity contribution in [3.8, 4) is 0 Å². The molecule has 0 unspecified atom stereocenters. The van der Waals surface area contributed by atoms with Crippen LogP contribution in [0.15, 0.2) is 47.4 Å². The van der Waals surface area contributed by atoms with Gasteiger partial charge < -0.3 is 4.43 Å². The van der Waals surface area contributed by atoms with Gasteiger partial charge in [0.15, 0.2) is 18.2 Å². The normalized spacial score (nSPS) is 12.7. The Hall–Kier alpha value is -1.17. The van der Waals surface area contributed by atoms with E-state index < -0.39 is 18.2 Å². The molecule has 0 bridgehead atoms. The maximum absolute atomic E-state index is 12.5. The Labute approximate surface area is 134 Å². The van der Waals surface area contributed by atoms with E-state index in [4.69, 9.17) is 4.43 Å². The number of rotatable bonds is 7. The van der Waals surface area contributed by atoms with E-state index in [-0.39, 0.29) is 5.75 Å². The zero-order chi connectivity index (χ0) is 16.2. The van der Waals surface area contributed by atoms with Crippen LogP contribution in [0.5, 0.6) is 0 Å². The summed E-state index contributed by atoms with van der Waals surface area (Å²) < 4.78 is 30.7. The van der Waals surface area contributed by atoms with Crippen molar-refractivity contribution >= 4 is 28.9 Å². The largest absolute Gasteiger partial charge is 0.418 e. The molecule has 0 atom stereocenters. The molecule has 0 aliphatic rings. The fourth-order valence-electron chi connectivity index (χ4n) is 2.63. The molecular weight excluding hydrogens is 312 g/mol. The van der Waals surface area contributed by atoms with Crippen molar-refractivity contribution in [3.63, 3.8) is 0 Å². The first-order valence-electron chi connectivity index (χ1n) is 7.69. The molecule has 2 aromatic carbocycles. The molecule has 0 spiro atoms. The van der Waals surface area contributed by atoms with Crippen molar-refractivity contribution in [2.75, 3.05) is 12.4 Å². The lowest BCUT2D eigenvalue weighted by atomic mass is 10.1. The molecule has 3 nitrogen and oxygen atoms in total. The van der Waals surface area contributed by atoms with E-state index in [9.17, 15) is 8.42 Å². The standard InChI is InChI=1S/C17H24O3SSi/c1-4-20-22(2,3)13-7-12-21(18,19)17-11-10-15-8-5-6-9-16(15)14-17/h5-6,8-11,14H,4,7,12-13H2,1-3H3. The summed E-state index contributed by atoms with van der Waals surface area (Å²) in [5, 5.41) is 2.03. The number of hydrogen-bond donors (Lipinski definition) is 0. The third-order valence-corrected chi connectivity index (χ3v) is 8.23. The van der Waals surface area contributed by atoms with E-state index in [0.29, 0.717) is 17.9 Å². The molecule has 0 saturated carbocycles. The second-order valence-electron chi connectivity index (χ2n) is 6.12. The summed E-state index contributed by atoms with van der Waals surface area (Å²) in [6.45, 7) is 6.97. The Bertz CT molecular complexity index is 738. The average molecular weight is 337 g/mol. The molecule has 0 heterocycles. The Balaban J connectivity index is 2.09. The van der Waals surface area contributed by atoms with Crippen LogP contribution in [-0.2, 0) is 14.3 Å². The predicted molar refractivity (Wildman–Crippen MR) is 94.5 cm³/mol. The number of hydrogen-bond acceptors (Lipinski definition) is 3. The molecule has 0 aromatic heterocycles. The van der Waals surface area contributed by atoms with Crippen LogP contribution in [0.2, 0.25) is 19.1 Å². The lowest BCUT2D eigenvalue weighted by Gasteiger charge is -2.21. The highest BCUT2D eigenvalue weighted by Gasteiger charge is 2.23. The van der Waals surface area contributed by atoms with Gasteiger partial charge in [0.25, 0.3) is 0 Å². The minimum Gasteiger partial charge on any atom is -0.418 e. The zero-order valence-electron chi connectivity index (χ0n) is 13.5. The molecule has 2 aromatic rings. The molecule has 0 aliphatic carbocycles. The van der Waals surface area contributed by atoms with E-state index in [2.05, 4.69) is 13.1 Å². The third kappa shape index (κ3) is 4.41. The van der Waals surface area contributed by atoms with E-state index in [1.807, 2.05) is 37.3 Å². The maximum atomic E-state index is 12.5. The van der Waals surface area contributed by atoms with Crippen molar-refractivity contribution in [3.05, 3.63) is 42.5 Å². The van der Waals surface area contributed by atoms with Gasteiger partial charge in [-0.15, -0.1) is 0 Å². The third-order valence-electron chi connectivity index (χ3n) is 3.81. The van der Waals surface area contributed by atoms with Gasteiger partial charge >= 0.3 is 0 Å². The smallest absolute Gasteiger partial charge is 0.186 e. The number of benzene rings is 2. The molecule has 0 aliphatic heterocycles. The van der Waals surface area contributed by atoms with Crippen molar-refractivity contribution in [2.45, 2.75) is 37.4 Å². The molecule has 0 radical (unpaired) electrons. The highest BCUT2D eigenvalue weighted by atomic mass is 32.2. The molecule has 0 fully saturated rings. The predicted octanol–water partition coefficient (Wildman–Crippen LogP) is 4.25. The Morgan fingerprint density at radius 2 is 1.73 bits per heavy atom. The lowest BCUT2D eigenvalue weighted by Crippen LogP contribution is -2.30. The van der Waals surface area contributed by atoms with Gasteiger partial charge in [0.1, 0.15) is 0 Å². The van der Waals surface area contributed by atoms with Gasteiger partial charge in [-0.25, -0.2) is 8.42 Å². The number of sulfone groups is 1. The molecule has 0 N–H and O–H groups in total. The molecule has 2 rings (SSSR count). The van der Waals surface area contributed by atoms with Crippen LogP contribution in [0, 0.1) is 0 Å². The SMILES string of the molecule is CCO[Si](C)(C)CCCS(=O)(=O)c1ccc2ccccc2c1. The van der Waals surface area contributed by atoms with Crippen LogP contribution in [-0.4, -0.2) is 29.1 Å². The van der Waals surface area contributed by atoms with Gasteiger partial charge in [0, 0.05) is 6.61 Å². The van der Waals surface area contributed by atoms with Crippen LogP contribution in [0.3, 0.4) is 0 Å². The Morgan fingerprint density at radius 1 is 1.05 bits per heavy atom. The van der Waals surface area contributed by atoms with Gasteiger partial charge in [0.2, 0.25) is 0 Å². The first-order chi connectivity index (χ1) is 10.3. The fourth-order valence-corrected chi connectivity index (χ4v) is 6.18. The minimum atomic E-state index is -3.22. The summed E-state index contributed by atoms with van der Waals surface area (Å²) >= 11 is 0. The summed E-state index contributed by atoms with van der Waals surface area (Å²) in [6.07, 6.45) is 0.661. The lowest BCUT2D eigenvalue weighted by molar-refractivity contribution is 0.328. The Kier molecular flexibility index (Phi) is 5.42. The summed E-state index contributed by atoms with van der Waals surface area (Å²) in [7, 11) is -4.93. The van der Waals surface area contributed by atoms with Crippen molar-refractivity contribution in [1.29, 1.82) is 0 Å². The Morgan fingerprint density at radius 3 is 2.41 bits per heavy atom. The minimum absolute atomic E-state index is 0.189. The second kappa shape index (κ2) is 6.94.